The number of rotatable bonds is 1. The third-order valence-electron chi connectivity index (χ3n) is 2.59. The van der Waals surface area contributed by atoms with Crippen molar-refractivity contribution in [3.63, 3.8) is 0 Å². The van der Waals surface area contributed by atoms with Gasteiger partial charge in [-0.25, -0.2) is 4.39 Å². The number of nitrogens with one attached hydrogen (secondary N) is 1. The van der Waals surface area contributed by atoms with Gasteiger partial charge in [-0.05, 0) is 12.1 Å². The van der Waals surface area contributed by atoms with Crippen molar-refractivity contribution < 1.29 is 4.39 Å². The van der Waals surface area contributed by atoms with Gasteiger partial charge in [0.2, 0.25) is 0 Å². The van der Waals surface area contributed by atoms with Crippen molar-refractivity contribution in [3.05, 3.63) is 29.6 Å². The first-order valence-electron chi connectivity index (χ1n) is 6.45. The molecule has 1 aliphatic rings. The largest absolute Gasteiger partial charge is 0.367 e. The molecule has 0 amide bonds. The van der Waals surface area contributed by atoms with Crippen LogP contribution in [0.2, 0.25) is 0 Å². The van der Waals surface area contributed by atoms with E-state index in [9.17, 15) is 4.39 Å². The SMILES string of the molecule is C#Cc1cccc(N2CCNCC2)c1F.CCC.S. The molecule has 0 spiro atoms. The van der Waals surface area contributed by atoms with Gasteiger partial charge in [-0.1, -0.05) is 32.3 Å². The summed E-state index contributed by atoms with van der Waals surface area (Å²) >= 11 is 0. The van der Waals surface area contributed by atoms with Crippen LogP contribution in [0.4, 0.5) is 10.1 Å². The molecular formula is C15H23FN2S. The Balaban J connectivity index is 0.000000742. The smallest absolute Gasteiger partial charge is 0.162 e. The fraction of sp³-hybridized carbons (Fsp3) is 0.467. The van der Waals surface area contributed by atoms with Crippen molar-refractivity contribution >= 4 is 19.2 Å². The lowest BCUT2D eigenvalue weighted by Crippen LogP contribution is -2.43. The van der Waals surface area contributed by atoms with Crippen LogP contribution in [0.5, 0.6) is 0 Å². The number of piperazine rings is 1. The summed E-state index contributed by atoms with van der Waals surface area (Å²) in [6, 6.07) is 5.21. The molecule has 0 radical (unpaired) electrons. The van der Waals surface area contributed by atoms with Crippen molar-refractivity contribution in [2.75, 3.05) is 31.1 Å². The lowest BCUT2D eigenvalue weighted by molar-refractivity contribution is 0.565. The van der Waals surface area contributed by atoms with E-state index in [4.69, 9.17) is 6.42 Å². The van der Waals surface area contributed by atoms with Gasteiger partial charge in [-0.3, -0.25) is 0 Å². The van der Waals surface area contributed by atoms with Crippen LogP contribution in [-0.4, -0.2) is 26.2 Å². The summed E-state index contributed by atoms with van der Waals surface area (Å²) in [7, 11) is 0. The van der Waals surface area contributed by atoms with E-state index in [0.29, 0.717) is 11.3 Å². The summed E-state index contributed by atoms with van der Waals surface area (Å²) < 4.78 is 13.9. The molecule has 1 fully saturated rings. The molecule has 106 valence electrons. The lowest BCUT2D eigenvalue weighted by atomic mass is 10.1. The van der Waals surface area contributed by atoms with E-state index >= 15 is 0 Å². The summed E-state index contributed by atoms with van der Waals surface area (Å²) in [4.78, 5) is 2.02. The molecule has 0 atom stereocenters. The maximum Gasteiger partial charge on any atom is 0.162 e. The molecular weight excluding hydrogens is 259 g/mol. The Morgan fingerprint density at radius 3 is 2.42 bits per heavy atom. The third-order valence-corrected chi connectivity index (χ3v) is 2.59. The van der Waals surface area contributed by atoms with E-state index in [-0.39, 0.29) is 19.3 Å². The van der Waals surface area contributed by atoms with E-state index in [1.165, 1.54) is 6.42 Å². The molecule has 2 rings (SSSR count). The van der Waals surface area contributed by atoms with Crippen LogP contribution in [0.25, 0.3) is 0 Å². The molecule has 0 aromatic heterocycles. The first-order valence-corrected chi connectivity index (χ1v) is 6.45. The summed E-state index contributed by atoms with van der Waals surface area (Å²) in [5.74, 6) is 2.08. The number of nitrogens with zero attached hydrogens (tertiary/aromatic N) is 1. The first kappa shape index (κ1) is 17.8. The minimum absolute atomic E-state index is 0. The lowest BCUT2D eigenvalue weighted by Gasteiger charge is -2.29. The number of terminal acetylenes is 1. The second-order valence-electron chi connectivity index (χ2n) is 4.23. The molecule has 1 aromatic carbocycles. The fourth-order valence-corrected chi connectivity index (χ4v) is 1.78. The van der Waals surface area contributed by atoms with E-state index in [1.807, 2.05) is 4.90 Å². The highest BCUT2D eigenvalue weighted by atomic mass is 32.1. The molecule has 2 nitrogen and oxygen atoms in total. The van der Waals surface area contributed by atoms with Crippen LogP contribution in [0.3, 0.4) is 0 Å². The molecule has 1 aliphatic heterocycles. The molecule has 1 aromatic rings. The number of hydrogen-bond acceptors (Lipinski definition) is 2. The summed E-state index contributed by atoms with van der Waals surface area (Å²) in [5.41, 5.74) is 0.956. The van der Waals surface area contributed by atoms with E-state index in [1.54, 1.807) is 18.2 Å². The van der Waals surface area contributed by atoms with Crippen molar-refractivity contribution in [1.29, 1.82) is 0 Å². The van der Waals surface area contributed by atoms with Gasteiger partial charge in [0.1, 0.15) is 0 Å². The zero-order chi connectivity index (χ0) is 13.4. The molecule has 19 heavy (non-hydrogen) atoms. The topological polar surface area (TPSA) is 15.3 Å². The summed E-state index contributed by atoms with van der Waals surface area (Å²) in [5, 5.41) is 3.23. The molecule has 1 saturated heterocycles. The predicted molar refractivity (Wildman–Crippen MR) is 85.8 cm³/mol. The Morgan fingerprint density at radius 2 is 1.89 bits per heavy atom. The highest BCUT2D eigenvalue weighted by Crippen LogP contribution is 2.21. The van der Waals surface area contributed by atoms with Crippen LogP contribution in [-0.2, 0) is 0 Å². The standard InChI is InChI=1S/C12H13FN2.C3H8.H2S/c1-2-10-4-3-5-11(12(10)13)15-8-6-14-7-9-15;1-3-2;/h1,3-5,14H,6-9H2;3H2,1-2H3;1H2. The van der Waals surface area contributed by atoms with Crippen molar-refractivity contribution in [1.82, 2.24) is 5.32 Å². The monoisotopic (exact) mass is 282 g/mol. The van der Waals surface area contributed by atoms with E-state index < -0.39 is 0 Å². The summed E-state index contributed by atoms with van der Waals surface area (Å²) in [6.45, 7) is 7.68. The Kier molecular flexibility index (Phi) is 9.11. The number of hydrogen-bond donors (Lipinski definition) is 1. The number of anilines is 1. The first-order chi connectivity index (χ1) is 8.74. The minimum atomic E-state index is -0.276. The molecule has 0 bridgehead atoms. The molecule has 0 saturated carbocycles. The highest BCUT2D eigenvalue weighted by molar-refractivity contribution is 7.59. The molecule has 0 aliphatic carbocycles. The summed E-state index contributed by atoms with van der Waals surface area (Å²) in [6.07, 6.45) is 6.48. The Bertz CT molecular complexity index is 409. The average Bonchev–Trinajstić information content (AvgIpc) is 2.41. The highest BCUT2D eigenvalue weighted by Gasteiger charge is 2.15. The zero-order valence-corrected chi connectivity index (χ0v) is 12.7. The van der Waals surface area contributed by atoms with Crippen LogP contribution < -0.4 is 10.2 Å². The Morgan fingerprint density at radius 1 is 1.32 bits per heavy atom. The Hall–Kier alpha value is -1.18. The second-order valence-corrected chi connectivity index (χ2v) is 4.23. The average molecular weight is 282 g/mol. The molecule has 4 heteroatoms. The van der Waals surface area contributed by atoms with Gasteiger partial charge < -0.3 is 10.2 Å². The maximum atomic E-state index is 13.9. The van der Waals surface area contributed by atoms with Gasteiger partial charge in [-0.15, -0.1) is 6.42 Å². The molecule has 1 heterocycles. The Labute approximate surface area is 122 Å². The van der Waals surface area contributed by atoms with Crippen LogP contribution in [0.15, 0.2) is 18.2 Å². The fourth-order valence-electron chi connectivity index (χ4n) is 1.78. The van der Waals surface area contributed by atoms with Gasteiger partial charge in [0.15, 0.2) is 5.82 Å². The molecule has 0 unspecified atom stereocenters. The van der Waals surface area contributed by atoms with Gasteiger partial charge in [0.25, 0.3) is 0 Å². The number of benzene rings is 1. The predicted octanol–water partition coefficient (Wildman–Crippen LogP) is 2.75. The van der Waals surface area contributed by atoms with Crippen molar-refractivity contribution in [2.24, 2.45) is 0 Å². The normalized spacial score (nSPS) is 13.7. The van der Waals surface area contributed by atoms with Crippen molar-refractivity contribution in [3.8, 4) is 12.3 Å². The second kappa shape index (κ2) is 9.71. The van der Waals surface area contributed by atoms with Gasteiger partial charge in [0, 0.05) is 26.2 Å². The van der Waals surface area contributed by atoms with Crippen molar-refractivity contribution in [2.45, 2.75) is 20.3 Å². The third kappa shape index (κ3) is 5.14. The van der Waals surface area contributed by atoms with Crippen LogP contribution in [0, 0.1) is 18.2 Å². The van der Waals surface area contributed by atoms with Crippen LogP contribution in [0.1, 0.15) is 25.8 Å². The quantitative estimate of drug-likeness (QED) is 0.797. The van der Waals surface area contributed by atoms with Gasteiger partial charge >= 0.3 is 0 Å². The number of halogens is 1. The molecule has 1 N–H and O–H groups in total. The zero-order valence-electron chi connectivity index (χ0n) is 11.7. The van der Waals surface area contributed by atoms with Crippen LogP contribution >= 0.6 is 13.5 Å². The van der Waals surface area contributed by atoms with E-state index in [2.05, 4.69) is 25.1 Å². The maximum absolute atomic E-state index is 13.9. The van der Waals surface area contributed by atoms with E-state index in [0.717, 1.165) is 26.2 Å². The van der Waals surface area contributed by atoms with Gasteiger partial charge in [-0.2, -0.15) is 13.5 Å². The minimum Gasteiger partial charge on any atom is -0.367 e. The van der Waals surface area contributed by atoms with Gasteiger partial charge in [0.05, 0.1) is 11.3 Å².